The molecule has 110 valence electrons. The molecule has 0 heterocycles. The Balaban J connectivity index is 2.11. The van der Waals surface area contributed by atoms with Crippen molar-refractivity contribution in [1.82, 2.24) is 5.32 Å². The van der Waals surface area contributed by atoms with Crippen molar-refractivity contribution >= 4 is 24.1 Å². The summed E-state index contributed by atoms with van der Waals surface area (Å²) in [6.45, 7) is 0.470. The lowest BCUT2D eigenvalue weighted by Gasteiger charge is -2.10. The summed E-state index contributed by atoms with van der Waals surface area (Å²) in [5, 5.41) is 11.0. The molecular weight excluding hydrogens is 285 g/mol. The minimum absolute atomic E-state index is 0.310. The van der Waals surface area contributed by atoms with E-state index in [2.05, 4.69) is 5.32 Å². The van der Waals surface area contributed by atoms with E-state index in [4.69, 9.17) is 9.84 Å². The Morgan fingerprint density at radius 1 is 1.45 bits per heavy atom. The molecule has 1 aromatic rings. The molecule has 0 saturated heterocycles. The van der Waals surface area contributed by atoms with Crippen LogP contribution in [0.2, 0.25) is 0 Å². The molecule has 1 atom stereocenters. The summed E-state index contributed by atoms with van der Waals surface area (Å²) in [6.07, 6.45) is 1.12. The van der Waals surface area contributed by atoms with Crippen molar-refractivity contribution in [2.75, 3.05) is 18.1 Å². The van der Waals surface area contributed by atoms with Crippen LogP contribution in [0.25, 0.3) is 0 Å². The minimum Gasteiger partial charge on any atom is -0.494 e. The van der Waals surface area contributed by atoms with Gasteiger partial charge in [-0.05, 0) is 36.4 Å². The topological polar surface area (TPSA) is 75.6 Å². The van der Waals surface area contributed by atoms with Crippen molar-refractivity contribution in [3.05, 3.63) is 30.1 Å². The Morgan fingerprint density at radius 3 is 2.75 bits per heavy atom. The number of carbonyl (C=O) groups excluding carboxylic acids is 1. The van der Waals surface area contributed by atoms with E-state index < -0.39 is 12.0 Å². The summed E-state index contributed by atoms with van der Waals surface area (Å²) in [7, 11) is 0. The SMILES string of the molecule is O=CNC(CSCCCOc1ccc(F)cc1)C(=O)O. The molecule has 5 nitrogen and oxygen atoms in total. The van der Waals surface area contributed by atoms with Crippen LogP contribution in [0.4, 0.5) is 4.39 Å². The van der Waals surface area contributed by atoms with Gasteiger partial charge in [-0.25, -0.2) is 9.18 Å². The van der Waals surface area contributed by atoms with Gasteiger partial charge in [0.15, 0.2) is 0 Å². The van der Waals surface area contributed by atoms with E-state index in [0.29, 0.717) is 30.3 Å². The van der Waals surface area contributed by atoms with Crippen molar-refractivity contribution in [3.8, 4) is 5.75 Å². The van der Waals surface area contributed by atoms with Gasteiger partial charge in [-0.2, -0.15) is 11.8 Å². The molecular formula is C13H16FNO4S. The first-order valence-electron chi connectivity index (χ1n) is 6.02. The van der Waals surface area contributed by atoms with Gasteiger partial charge in [-0.3, -0.25) is 4.79 Å². The van der Waals surface area contributed by atoms with Gasteiger partial charge < -0.3 is 15.2 Å². The van der Waals surface area contributed by atoms with E-state index in [1.165, 1.54) is 23.9 Å². The smallest absolute Gasteiger partial charge is 0.327 e. The minimum atomic E-state index is -1.05. The fourth-order valence-electron chi connectivity index (χ4n) is 1.36. The third kappa shape index (κ3) is 6.42. The molecule has 1 unspecified atom stereocenters. The third-order valence-electron chi connectivity index (χ3n) is 2.37. The van der Waals surface area contributed by atoms with Gasteiger partial charge in [-0.15, -0.1) is 0 Å². The van der Waals surface area contributed by atoms with Crippen LogP contribution in [-0.4, -0.2) is 41.6 Å². The Labute approximate surface area is 120 Å². The first-order valence-corrected chi connectivity index (χ1v) is 7.17. The fraction of sp³-hybridized carbons (Fsp3) is 0.385. The molecule has 0 aliphatic carbocycles. The third-order valence-corrected chi connectivity index (χ3v) is 3.51. The van der Waals surface area contributed by atoms with Crippen molar-refractivity contribution in [2.45, 2.75) is 12.5 Å². The number of amides is 1. The second-order valence-corrected chi connectivity index (χ2v) is 5.06. The maximum Gasteiger partial charge on any atom is 0.327 e. The fourth-order valence-corrected chi connectivity index (χ4v) is 2.32. The van der Waals surface area contributed by atoms with Crippen LogP contribution in [-0.2, 0) is 9.59 Å². The highest BCUT2D eigenvalue weighted by atomic mass is 32.2. The number of carbonyl (C=O) groups is 2. The normalized spacial score (nSPS) is 11.7. The van der Waals surface area contributed by atoms with E-state index in [9.17, 15) is 14.0 Å². The average Bonchev–Trinajstić information content (AvgIpc) is 2.43. The first-order chi connectivity index (χ1) is 9.63. The molecule has 7 heteroatoms. The molecule has 2 N–H and O–H groups in total. The molecule has 1 rings (SSSR count). The summed E-state index contributed by atoms with van der Waals surface area (Å²) in [5.74, 6) is 0.265. The molecule has 20 heavy (non-hydrogen) atoms. The Hall–Kier alpha value is -1.76. The standard InChI is InChI=1S/C13H16FNO4S/c14-10-2-4-11(5-3-10)19-6-1-7-20-8-12(13(17)18)15-9-16/h2-5,9,12H,1,6-8H2,(H,15,16)(H,17,18). The lowest BCUT2D eigenvalue weighted by molar-refractivity contribution is -0.139. The lowest BCUT2D eigenvalue weighted by Crippen LogP contribution is -2.37. The number of aliphatic carboxylic acids is 1. The molecule has 0 bridgehead atoms. The van der Waals surface area contributed by atoms with E-state index in [1.807, 2.05) is 0 Å². The molecule has 0 spiro atoms. The zero-order valence-corrected chi connectivity index (χ0v) is 11.6. The maximum atomic E-state index is 12.6. The number of nitrogens with one attached hydrogen (secondary N) is 1. The van der Waals surface area contributed by atoms with Crippen LogP contribution in [0.1, 0.15) is 6.42 Å². The monoisotopic (exact) mass is 301 g/mol. The van der Waals surface area contributed by atoms with Gasteiger partial charge in [0.1, 0.15) is 17.6 Å². The van der Waals surface area contributed by atoms with Crippen molar-refractivity contribution < 1.29 is 23.8 Å². The second-order valence-electron chi connectivity index (χ2n) is 3.91. The van der Waals surface area contributed by atoms with Crippen LogP contribution >= 0.6 is 11.8 Å². The molecule has 0 aliphatic rings. The van der Waals surface area contributed by atoms with Crippen LogP contribution < -0.4 is 10.1 Å². The van der Waals surface area contributed by atoms with E-state index in [-0.39, 0.29) is 5.82 Å². The number of rotatable bonds is 10. The van der Waals surface area contributed by atoms with E-state index in [0.717, 1.165) is 6.42 Å². The Bertz CT molecular complexity index is 427. The summed E-state index contributed by atoms with van der Waals surface area (Å²) in [6, 6.07) is 4.89. The van der Waals surface area contributed by atoms with Crippen LogP contribution in [0.3, 0.4) is 0 Å². The van der Waals surface area contributed by atoms with Crippen molar-refractivity contribution in [2.24, 2.45) is 0 Å². The first kappa shape index (κ1) is 16.3. The Kier molecular flexibility index (Phi) is 7.49. The number of thioether (sulfide) groups is 1. The number of hydrogen-bond acceptors (Lipinski definition) is 4. The highest BCUT2D eigenvalue weighted by molar-refractivity contribution is 7.99. The average molecular weight is 301 g/mol. The molecule has 0 aliphatic heterocycles. The quantitative estimate of drug-likeness (QED) is 0.506. The zero-order chi connectivity index (χ0) is 14.8. The van der Waals surface area contributed by atoms with Gasteiger partial charge in [0.05, 0.1) is 6.61 Å². The lowest BCUT2D eigenvalue weighted by atomic mass is 10.3. The number of benzene rings is 1. The summed E-state index contributed by atoms with van der Waals surface area (Å²) >= 11 is 1.43. The number of carboxylic acids is 1. The summed E-state index contributed by atoms with van der Waals surface area (Å²) in [5.41, 5.74) is 0. The maximum absolute atomic E-state index is 12.6. The largest absolute Gasteiger partial charge is 0.494 e. The summed E-state index contributed by atoms with van der Waals surface area (Å²) < 4.78 is 18.0. The van der Waals surface area contributed by atoms with Crippen molar-refractivity contribution in [3.63, 3.8) is 0 Å². The van der Waals surface area contributed by atoms with Gasteiger partial charge in [0.2, 0.25) is 6.41 Å². The van der Waals surface area contributed by atoms with Crippen LogP contribution in [0.15, 0.2) is 24.3 Å². The second kappa shape index (κ2) is 9.19. The summed E-state index contributed by atoms with van der Waals surface area (Å²) in [4.78, 5) is 20.9. The molecule has 1 aromatic carbocycles. The van der Waals surface area contributed by atoms with Gasteiger partial charge in [0, 0.05) is 5.75 Å². The molecule has 0 saturated carbocycles. The van der Waals surface area contributed by atoms with E-state index in [1.54, 1.807) is 12.1 Å². The predicted molar refractivity (Wildman–Crippen MR) is 74.5 cm³/mol. The number of carboxylic acid groups (broad SMARTS) is 1. The number of ether oxygens (including phenoxy) is 1. The Morgan fingerprint density at radius 2 is 2.15 bits per heavy atom. The number of hydrogen-bond donors (Lipinski definition) is 2. The highest BCUT2D eigenvalue weighted by Gasteiger charge is 2.15. The highest BCUT2D eigenvalue weighted by Crippen LogP contribution is 2.12. The van der Waals surface area contributed by atoms with Gasteiger partial charge in [-0.1, -0.05) is 0 Å². The van der Waals surface area contributed by atoms with Gasteiger partial charge in [0.25, 0.3) is 0 Å². The zero-order valence-electron chi connectivity index (χ0n) is 10.8. The molecule has 1 amide bonds. The van der Waals surface area contributed by atoms with Crippen LogP contribution in [0, 0.1) is 5.82 Å². The number of halogens is 1. The van der Waals surface area contributed by atoms with Crippen LogP contribution in [0.5, 0.6) is 5.75 Å². The molecule has 0 fully saturated rings. The van der Waals surface area contributed by atoms with E-state index >= 15 is 0 Å². The van der Waals surface area contributed by atoms with Crippen molar-refractivity contribution in [1.29, 1.82) is 0 Å². The molecule has 0 aromatic heterocycles. The predicted octanol–water partition coefficient (Wildman–Crippen LogP) is 1.53. The van der Waals surface area contributed by atoms with Gasteiger partial charge >= 0.3 is 5.97 Å². The molecule has 0 radical (unpaired) electrons.